The fourth-order valence-corrected chi connectivity index (χ4v) is 4.05. The average Bonchev–Trinajstić information content (AvgIpc) is 2.95. The highest BCUT2D eigenvalue weighted by molar-refractivity contribution is 7.23. The molecule has 2 rings (SSSR count). The Morgan fingerprint density at radius 3 is 2.58 bits per heavy atom. The summed E-state index contributed by atoms with van der Waals surface area (Å²) >= 11 is 3.38. The summed E-state index contributed by atoms with van der Waals surface area (Å²) in [6.07, 6.45) is 1.98. The van der Waals surface area contributed by atoms with Crippen molar-refractivity contribution >= 4 is 27.8 Å². The first-order valence-corrected chi connectivity index (χ1v) is 8.33. The number of thiazole rings is 1. The molecule has 0 saturated heterocycles. The van der Waals surface area contributed by atoms with Crippen molar-refractivity contribution < 1.29 is 0 Å². The van der Waals surface area contributed by atoms with Crippen LogP contribution in [0, 0.1) is 5.92 Å². The third kappa shape index (κ3) is 3.51. The fraction of sp³-hybridized carbons (Fsp3) is 0.615. The first kappa shape index (κ1) is 14.4. The van der Waals surface area contributed by atoms with Crippen molar-refractivity contribution in [2.45, 2.75) is 40.5 Å². The van der Waals surface area contributed by atoms with E-state index in [1.54, 1.807) is 22.7 Å². The van der Waals surface area contributed by atoms with Gasteiger partial charge in [0.15, 0.2) is 5.01 Å². The van der Waals surface area contributed by atoms with Gasteiger partial charge in [0.25, 0.3) is 0 Å². The molecule has 0 aliphatic rings. The number of nitrogens with zero attached hydrogens (tertiary/aromatic N) is 3. The molecule has 0 radical (unpaired) electrons. The molecule has 2 heterocycles. The first-order valence-electron chi connectivity index (χ1n) is 6.70. The maximum atomic E-state index is 4.74. The zero-order chi connectivity index (χ0) is 13.8. The summed E-state index contributed by atoms with van der Waals surface area (Å²) in [5, 5.41) is 14.7. The summed E-state index contributed by atoms with van der Waals surface area (Å²) < 4.78 is 0. The Morgan fingerprint density at radius 1 is 1.16 bits per heavy atom. The summed E-state index contributed by atoms with van der Waals surface area (Å²) in [6, 6.07) is 0. The largest absolute Gasteiger partial charge is 0.360 e. The van der Waals surface area contributed by atoms with Gasteiger partial charge in [0, 0.05) is 13.0 Å². The molecule has 0 spiro atoms. The summed E-state index contributed by atoms with van der Waals surface area (Å²) in [5.74, 6) is 0.635. The maximum Gasteiger partial charge on any atom is 0.206 e. The lowest BCUT2D eigenvalue weighted by molar-refractivity contribution is 0.643. The van der Waals surface area contributed by atoms with E-state index >= 15 is 0 Å². The molecule has 0 atom stereocenters. The standard InChI is InChI=1S/C13H20N4S2/c1-5-9-11(18-10(15-9)7-8(3)4)12-16-17-13(19-12)14-6-2/h8H,5-7H2,1-4H3,(H,14,17). The van der Waals surface area contributed by atoms with E-state index in [9.17, 15) is 0 Å². The first-order chi connectivity index (χ1) is 9.13. The van der Waals surface area contributed by atoms with Crippen molar-refractivity contribution in [3.05, 3.63) is 10.7 Å². The van der Waals surface area contributed by atoms with Gasteiger partial charge in [0.05, 0.1) is 15.6 Å². The highest BCUT2D eigenvalue weighted by Crippen LogP contribution is 2.35. The van der Waals surface area contributed by atoms with Gasteiger partial charge < -0.3 is 5.32 Å². The molecule has 19 heavy (non-hydrogen) atoms. The van der Waals surface area contributed by atoms with Crippen LogP contribution in [0.2, 0.25) is 0 Å². The maximum absolute atomic E-state index is 4.74. The predicted octanol–water partition coefficient (Wildman–Crippen LogP) is 3.85. The Kier molecular flexibility index (Phi) is 4.87. The smallest absolute Gasteiger partial charge is 0.206 e. The third-order valence-electron chi connectivity index (χ3n) is 2.61. The molecular weight excluding hydrogens is 276 g/mol. The lowest BCUT2D eigenvalue weighted by atomic mass is 10.1. The van der Waals surface area contributed by atoms with Gasteiger partial charge in [-0.25, -0.2) is 4.98 Å². The fourth-order valence-electron chi connectivity index (χ4n) is 1.78. The van der Waals surface area contributed by atoms with Crippen LogP contribution < -0.4 is 5.32 Å². The number of hydrogen-bond acceptors (Lipinski definition) is 6. The summed E-state index contributed by atoms with van der Waals surface area (Å²) in [7, 11) is 0. The van der Waals surface area contributed by atoms with Crippen molar-refractivity contribution in [2.24, 2.45) is 5.92 Å². The lowest BCUT2D eigenvalue weighted by Gasteiger charge is -1.98. The van der Waals surface area contributed by atoms with E-state index < -0.39 is 0 Å². The number of rotatable bonds is 6. The second-order valence-corrected chi connectivity index (χ2v) is 6.84. The topological polar surface area (TPSA) is 50.7 Å². The zero-order valence-electron chi connectivity index (χ0n) is 11.9. The van der Waals surface area contributed by atoms with Crippen LogP contribution in [0.15, 0.2) is 0 Å². The molecule has 0 aliphatic carbocycles. The van der Waals surface area contributed by atoms with Crippen molar-refractivity contribution in [2.75, 3.05) is 11.9 Å². The molecule has 6 heteroatoms. The Morgan fingerprint density at radius 2 is 1.95 bits per heavy atom. The Balaban J connectivity index is 2.28. The van der Waals surface area contributed by atoms with E-state index in [1.807, 2.05) is 0 Å². The Labute approximate surface area is 122 Å². The SMILES string of the molecule is CCNc1nnc(-c2sc(CC(C)C)nc2CC)s1. The summed E-state index contributed by atoms with van der Waals surface area (Å²) in [4.78, 5) is 5.93. The number of aryl methyl sites for hydroxylation is 1. The minimum atomic E-state index is 0.635. The normalized spacial score (nSPS) is 11.2. The van der Waals surface area contributed by atoms with Crippen LogP contribution in [0.3, 0.4) is 0 Å². The number of hydrogen-bond donors (Lipinski definition) is 1. The van der Waals surface area contributed by atoms with Gasteiger partial charge in [-0.3, -0.25) is 0 Å². The van der Waals surface area contributed by atoms with Crippen molar-refractivity contribution in [1.29, 1.82) is 0 Å². The molecule has 0 aromatic carbocycles. The average molecular weight is 296 g/mol. The monoisotopic (exact) mass is 296 g/mol. The van der Waals surface area contributed by atoms with E-state index in [-0.39, 0.29) is 0 Å². The molecule has 4 nitrogen and oxygen atoms in total. The number of anilines is 1. The predicted molar refractivity (Wildman–Crippen MR) is 83.1 cm³/mol. The molecule has 104 valence electrons. The third-order valence-corrected chi connectivity index (χ3v) is 4.76. The molecular formula is C13H20N4S2. The van der Waals surface area contributed by atoms with E-state index in [2.05, 4.69) is 43.2 Å². The highest BCUT2D eigenvalue weighted by atomic mass is 32.1. The van der Waals surface area contributed by atoms with Crippen molar-refractivity contribution in [3.8, 4) is 9.88 Å². The quantitative estimate of drug-likeness (QED) is 0.879. The molecule has 2 aromatic rings. The van der Waals surface area contributed by atoms with Gasteiger partial charge >= 0.3 is 0 Å². The second kappa shape index (κ2) is 6.43. The van der Waals surface area contributed by atoms with Crippen LogP contribution >= 0.6 is 22.7 Å². The molecule has 0 fully saturated rings. The molecule has 0 bridgehead atoms. The number of aromatic nitrogens is 3. The van der Waals surface area contributed by atoms with E-state index in [0.29, 0.717) is 5.92 Å². The molecule has 0 aliphatic heterocycles. The minimum Gasteiger partial charge on any atom is -0.360 e. The summed E-state index contributed by atoms with van der Waals surface area (Å²) in [5.41, 5.74) is 1.15. The highest BCUT2D eigenvalue weighted by Gasteiger charge is 2.16. The summed E-state index contributed by atoms with van der Waals surface area (Å²) in [6.45, 7) is 9.52. The van der Waals surface area contributed by atoms with Gasteiger partial charge in [-0.05, 0) is 19.3 Å². The molecule has 0 amide bonds. The minimum absolute atomic E-state index is 0.635. The van der Waals surface area contributed by atoms with Gasteiger partial charge in [-0.2, -0.15) is 0 Å². The molecule has 0 unspecified atom stereocenters. The van der Waals surface area contributed by atoms with Crippen LogP contribution in [-0.4, -0.2) is 21.7 Å². The van der Waals surface area contributed by atoms with Crippen LogP contribution in [-0.2, 0) is 12.8 Å². The zero-order valence-corrected chi connectivity index (χ0v) is 13.5. The van der Waals surface area contributed by atoms with Crippen molar-refractivity contribution in [1.82, 2.24) is 15.2 Å². The van der Waals surface area contributed by atoms with E-state index in [0.717, 1.165) is 35.2 Å². The second-order valence-electron chi connectivity index (χ2n) is 4.78. The van der Waals surface area contributed by atoms with Crippen LogP contribution in [0.5, 0.6) is 0 Å². The van der Waals surface area contributed by atoms with Gasteiger partial charge in [0.2, 0.25) is 5.13 Å². The van der Waals surface area contributed by atoms with E-state index in [1.165, 1.54) is 9.88 Å². The van der Waals surface area contributed by atoms with Crippen LogP contribution in [0.4, 0.5) is 5.13 Å². The van der Waals surface area contributed by atoms with Gasteiger partial charge in [-0.15, -0.1) is 21.5 Å². The van der Waals surface area contributed by atoms with Crippen LogP contribution in [0.1, 0.15) is 38.4 Å². The van der Waals surface area contributed by atoms with Gasteiger partial charge in [-0.1, -0.05) is 32.1 Å². The lowest BCUT2D eigenvalue weighted by Crippen LogP contribution is -1.94. The van der Waals surface area contributed by atoms with Crippen LogP contribution in [0.25, 0.3) is 9.88 Å². The van der Waals surface area contributed by atoms with Crippen molar-refractivity contribution in [3.63, 3.8) is 0 Å². The molecule has 0 saturated carbocycles. The Bertz CT molecular complexity index is 530. The van der Waals surface area contributed by atoms with Gasteiger partial charge in [0.1, 0.15) is 0 Å². The Hall–Kier alpha value is -1.01. The molecule has 2 aromatic heterocycles. The number of nitrogens with one attached hydrogen (secondary N) is 1. The van der Waals surface area contributed by atoms with E-state index in [4.69, 9.17) is 4.98 Å². The molecule has 1 N–H and O–H groups in total.